The van der Waals surface area contributed by atoms with Gasteiger partial charge in [0.25, 0.3) is 0 Å². The van der Waals surface area contributed by atoms with E-state index in [9.17, 15) is 13.2 Å². The number of fused-ring (bicyclic) bond motifs is 1. The summed E-state index contributed by atoms with van der Waals surface area (Å²) in [6, 6.07) is 2.94. The summed E-state index contributed by atoms with van der Waals surface area (Å²) in [7, 11) is 0. The van der Waals surface area contributed by atoms with Crippen LogP contribution in [0.5, 0.6) is 5.75 Å². The van der Waals surface area contributed by atoms with E-state index in [4.69, 9.17) is 9.47 Å². The van der Waals surface area contributed by atoms with Crippen LogP contribution in [-0.2, 0) is 10.8 Å². The van der Waals surface area contributed by atoms with Crippen molar-refractivity contribution in [1.29, 1.82) is 0 Å². The highest BCUT2D eigenvalue weighted by Crippen LogP contribution is 2.43. The molecule has 1 aromatic rings. The number of ether oxygens (including phenoxy) is 2. The van der Waals surface area contributed by atoms with Crippen molar-refractivity contribution in [3.05, 3.63) is 34.8 Å². The van der Waals surface area contributed by atoms with Crippen molar-refractivity contribution < 1.29 is 22.6 Å². The van der Waals surface area contributed by atoms with Crippen molar-refractivity contribution >= 4 is 6.08 Å². The topological polar surface area (TPSA) is 18.5 Å². The fraction of sp³-hybridized carbons (Fsp3) is 0.667. The smallest absolute Gasteiger partial charge is 0.430 e. The average Bonchev–Trinajstić information content (AvgIpc) is 2.67. The van der Waals surface area contributed by atoms with Gasteiger partial charge in [0.15, 0.2) is 11.6 Å². The number of hydrogen-bond donors (Lipinski definition) is 0. The van der Waals surface area contributed by atoms with Crippen molar-refractivity contribution in [3.63, 3.8) is 0 Å². The molecule has 0 radical (unpaired) electrons. The molecule has 0 N–H and O–H groups in total. The molecule has 1 heterocycles. The zero-order chi connectivity index (χ0) is 21.1. The van der Waals surface area contributed by atoms with E-state index in [1.165, 1.54) is 43.9 Å². The fourth-order valence-electron chi connectivity index (χ4n) is 3.61. The van der Waals surface area contributed by atoms with Gasteiger partial charge < -0.3 is 9.47 Å². The molecular formula is C24H35F3O2. The van der Waals surface area contributed by atoms with Crippen LogP contribution < -0.4 is 4.74 Å². The lowest BCUT2D eigenvalue weighted by atomic mass is 10.00. The first-order valence-corrected chi connectivity index (χ1v) is 11.2. The summed E-state index contributed by atoms with van der Waals surface area (Å²) >= 11 is 0. The largest absolute Gasteiger partial charge is 0.491 e. The zero-order valence-electron chi connectivity index (χ0n) is 17.9. The maximum atomic E-state index is 14.7. The second-order valence-electron chi connectivity index (χ2n) is 7.85. The normalized spacial score (nSPS) is 14.9. The van der Waals surface area contributed by atoms with Gasteiger partial charge in [-0.2, -0.15) is 8.78 Å². The lowest BCUT2D eigenvalue weighted by molar-refractivity contribution is -0.228. The Morgan fingerprint density at radius 3 is 2.17 bits per heavy atom. The second kappa shape index (κ2) is 12.1. The van der Waals surface area contributed by atoms with Crippen LogP contribution in [0.15, 0.2) is 17.9 Å². The maximum absolute atomic E-state index is 14.7. The van der Waals surface area contributed by atoms with Crippen LogP contribution in [0.3, 0.4) is 0 Å². The molecule has 0 spiro atoms. The van der Waals surface area contributed by atoms with Crippen LogP contribution in [0, 0.1) is 5.82 Å². The second-order valence-corrected chi connectivity index (χ2v) is 7.85. The van der Waals surface area contributed by atoms with Gasteiger partial charge in [-0.15, -0.1) is 0 Å². The van der Waals surface area contributed by atoms with Gasteiger partial charge in [-0.3, -0.25) is 0 Å². The van der Waals surface area contributed by atoms with E-state index in [1.807, 2.05) is 0 Å². The van der Waals surface area contributed by atoms with Crippen LogP contribution >= 0.6 is 0 Å². The van der Waals surface area contributed by atoms with Crippen LogP contribution in [0.1, 0.15) is 102 Å². The van der Waals surface area contributed by atoms with Crippen molar-refractivity contribution in [2.45, 2.75) is 97.0 Å². The third-order valence-electron chi connectivity index (χ3n) is 5.29. The molecule has 1 aromatic carbocycles. The van der Waals surface area contributed by atoms with E-state index in [0.29, 0.717) is 13.0 Å². The Hall–Kier alpha value is -1.65. The zero-order valence-corrected chi connectivity index (χ0v) is 17.9. The van der Waals surface area contributed by atoms with Crippen molar-refractivity contribution in [1.82, 2.24) is 0 Å². The minimum atomic E-state index is -3.67. The quantitative estimate of drug-likeness (QED) is 0.286. The van der Waals surface area contributed by atoms with E-state index < -0.39 is 17.5 Å². The summed E-state index contributed by atoms with van der Waals surface area (Å²) in [6.45, 7) is 4.60. The van der Waals surface area contributed by atoms with Crippen molar-refractivity contribution in [2.75, 3.05) is 6.61 Å². The predicted molar refractivity (Wildman–Crippen MR) is 112 cm³/mol. The van der Waals surface area contributed by atoms with Gasteiger partial charge in [0, 0.05) is 6.42 Å². The average molecular weight is 413 g/mol. The molecule has 0 unspecified atom stereocenters. The monoisotopic (exact) mass is 412 g/mol. The number of allylic oxidation sites excluding steroid dienone is 1. The summed E-state index contributed by atoms with van der Waals surface area (Å²) < 4.78 is 54.0. The molecule has 0 saturated carbocycles. The van der Waals surface area contributed by atoms with E-state index in [1.54, 1.807) is 0 Å². The molecule has 0 bridgehead atoms. The number of unbranched alkanes of at least 4 members (excludes halogenated alkanes) is 9. The Morgan fingerprint density at radius 1 is 0.862 bits per heavy atom. The Morgan fingerprint density at radius 2 is 1.48 bits per heavy atom. The molecule has 0 fully saturated rings. The van der Waals surface area contributed by atoms with E-state index in [0.717, 1.165) is 44.9 Å². The van der Waals surface area contributed by atoms with E-state index >= 15 is 0 Å². The van der Waals surface area contributed by atoms with Crippen LogP contribution in [0.25, 0.3) is 6.08 Å². The lowest BCUT2D eigenvalue weighted by Gasteiger charge is -2.27. The predicted octanol–water partition coefficient (Wildman–Crippen LogP) is 8.35. The Balaban J connectivity index is 1.94. The number of alkyl halides is 2. The molecule has 0 atom stereocenters. The lowest BCUT2D eigenvalue weighted by Crippen LogP contribution is -2.24. The van der Waals surface area contributed by atoms with Crippen LogP contribution in [-0.4, -0.2) is 6.61 Å². The molecule has 0 amide bonds. The molecule has 2 nitrogen and oxygen atoms in total. The summed E-state index contributed by atoms with van der Waals surface area (Å²) in [6.07, 6.45) is 9.98. The molecule has 5 heteroatoms. The van der Waals surface area contributed by atoms with Gasteiger partial charge in [-0.1, -0.05) is 77.7 Å². The van der Waals surface area contributed by atoms with Gasteiger partial charge in [-0.25, -0.2) is 4.39 Å². The Kier molecular flexibility index (Phi) is 9.89. The molecule has 0 saturated heterocycles. The number of halogens is 3. The Labute approximate surface area is 173 Å². The first-order valence-electron chi connectivity index (χ1n) is 11.2. The highest BCUT2D eigenvalue weighted by molar-refractivity contribution is 5.60. The third-order valence-corrected chi connectivity index (χ3v) is 5.29. The molecule has 2 rings (SSSR count). The Bertz CT molecular complexity index is 656. The van der Waals surface area contributed by atoms with Gasteiger partial charge >= 0.3 is 6.11 Å². The molecule has 164 valence electrons. The number of benzene rings is 1. The summed E-state index contributed by atoms with van der Waals surface area (Å²) in [4.78, 5) is 0. The van der Waals surface area contributed by atoms with Crippen molar-refractivity contribution in [3.8, 4) is 5.75 Å². The van der Waals surface area contributed by atoms with Gasteiger partial charge in [-0.05, 0) is 30.5 Å². The number of hydrogen-bond acceptors (Lipinski definition) is 2. The molecule has 1 aliphatic rings. The number of rotatable bonds is 14. The molecule has 1 aliphatic heterocycles. The highest BCUT2D eigenvalue weighted by atomic mass is 19.3. The standard InChI is InChI=1S/C24H35F3O2/c1-3-5-7-9-10-11-12-14-20-18-19-15-16-21(28-17-13-8-6-4-2)23(25)22(19)24(26,27)29-20/h15-16,18H,3-14,17H2,1-2H3. The molecule has 0 aromatic heterocycles. The van der Waals surface area contributed by atoms with Gasteiger partial charge in [0.1, 0.15) is 11.3 Å². The summed E-state index contributed by atoms with van der Waals surface area (Å²) in [5.41, 5.74) is -0.540. The maximum Gasteiger partial charge on any atom is 0.430 e. The molecule has 0 aliphatic carbocycles. The minimum Gasteiger partial charge on any atom is -0.491 e. The third kappa shape index (κ3) is 7.27. The fourth-order valence-corrected chi connectivity index (χ4v) is 3.61. The summed E-state index contributed by atoms with van der Waals surface area (Å²) in [5, 5.41) is 0. The highest BCUT2D eigenvalue weighted by Gasteiger charge is 2.43. The summed E-state index contributed by atoms with van der Waals surface area (Å²) in [5.74, 6) is -0.926. The van der Waals surface area contributed by atoms with Gasteiger partial charge in [0.2, 0.25) is 0 Å². The van der Waals surface area contributed by atoms with Crippen LogP contribution in [0.2, 0.25) is 0 Å². The minimum absolute atomic E-state index is 0.132. The van der Waals surface area contributed by atoms with E-state index in [2.05, 4.69) is 13.8 Å². The first-order chi connectivity index (χ1) is 14.0. The van der Waals surface area contributed by atoms with Crippen molar-refractivity contribution in [2.24, 2.45) is 0 Å². The molecular weight excluding hydrogens is 377 g/mol. The van der Waals surface area contributed by atoms with Gasteiger partial charge in [0.05, 0.1) is 6.61 Å². The van der Waals surface area contributed by atoms with Crippen LogP contribution in [0.4, 0.5) is 13.2 Å². The SMILES string of the molecule is CCCCCCCCCC1=Cc2ccc(OCCCCCC)c(F)c2C(F)(F)O1. The van der Waals surface area contributed by atoms with E-state index in [-0.39, 0.29) is 17.1 Å². The molecule has 29 heavy (non-hydrogen) atoms. The first kappa shape index (κ1) is 23.6.